The van der Waals surface area contributed by atoms with Crippen molar-refractivity contribution >= 4 is 5.69 Å². The van der Waals surface area contributed by atoms with Gasteiger partial charge in [-0.2, -0.15) is 0 Å². The van der Waals surface area contributed by atoms with E-state index in [4.69, 9.17) is 0 Å². The average Bonchev–Trinajstić information content (AvgIpc) is 2.24. The molecule has 1 aromatic carbocycles. The number of hydrogen-bond donors (Lipinski definition) is 1. The third-order valence-electron chi connectivity index (χ3n) is 2.30. The normalized spacial score (nSPS) is 10.3. The molecule has 3 heteroatoms. The van der Waals surface area contributed by atoms with Gasteiger partial charge in [-0.25, -0.2) is 4.39 Å². The molecule has 0 radical (unpaired) electrons. The summed E-state index contributed by atoms with van der Waals surface area (Å²) >= 11 is 0. The third kappa shape index (κ3) is 4.30. The van der Waals surface area contributed by atoms with E-state index in [1.807, 2.05) is 18.0 Å². The SMILES string of the molecule is CCCNCCN(C)c1cccc(F)c1. The molecule has 1 rings (SSSR count). The highest BCUT2D eigenvalue weighted by molar-refractivity contribution is 5.45. The van der Waals surface area contributed by atoms with Gasteiger partial charge < -0.3 is 10.2 Å². The summed E-state index contributed by atoms with van der Waals surface area (Å²) in [7, 11) is 1.97. The fourth-order valence-electron chi connectivity index (χ4n) is 1.39. The lowest BCUT2D eigenvalue weighted by atomic mass is 10.3. The quantitative estimate of drug-likeness (QED) is 0.724. The lowest BCUT2D eigenvalue weighted by molar-refractivity contribution is 0.625. The molecule has 0 aliphatic carbocycles. The van der Waals surface area contributed by atoms with E-state index in [0.29, 0.717) is 0 Å². The zero-order valence-corrected chi connectivity index (χ0v) is 9.46. The number of halogens is 1. The lowest BCUT2D eigenvalue weighted by Crippen LogP contribution is -2.29. The second-order valence-electron chi connectivity index (χ2n) is 3.65. The van der Waals surface area contributed by atoms with Gasteiger partial charge in [-0.3, -0.25) is 0 Å². The molecule has 0 bridgehead atoms. The number of nitrogens with zero attached hydrogens (tertiary/aromatic N) is 1. The summed E-state index contributed by atoms with van der Waals surface area (Å²) in [5.41, 5.74) is 0.924. The Bertz CT molecular complexity index is 289. The average molecular weight is 210 g/mol. The molecule has 1 N–H and O–H groups in total. The van der Waals surface area contributed by atoms with Crippen molar-refractivity contribution in [3.8, 4) is 0 Å². The standard InChI is InChI=1S/C12H19FN2/c1-3-7-14-8-9-15(2)12-6-4-5-11(13)10-12/h4-6,10,14H,3,7-9H2,1-2H3. The molecule has 15 heavy (non-hydrogen) atoms. The van der Waals surface area contributed by atoms with Crippen molar-refractivity contribution in [2.45, 2.75) is 13.3 Å². The van der Waals surface area contributed by atoms with Crippen LogP contribution >= 0.6 is 0 Å². The largest absolute Gasteiger partial charge is 0.373 e. The van der Waals surface area contributed by atoms with Crippen LogP contribution in [0.15, 0.2) is 24.3 Å². The smallest absolute Gasteiger partial charge is 0.125 e. The Hall–Kier alpha value is -1.09. The highest BCUT2D eigenvalue weighted by atomic mass is 19.1. The van der Waals surface area contributed by atoms with Crippen molar-refractivity contribution in [2.75, 3.05) is 31.6 Å². The molecule has 0 saturated heterocycles. The molecular formula is C12H19FN2. The van der Waals surface area contributed by atoms with Crippen LogP contribution in [-0.4, -0.2) is 26.7 Å². The molecule has 0 aliphatic rings. The molecule has 0 atom stereocenters. The number of likely N-dealkylation sites (N-methyl/N-ethyl adjacent to an activating group) is 1. The number of benzene rings is 1. The maximum absolute atomic E-state index is 12.9. The van der Waals surface area contributed by atoms with Crippen molar-refractivity contribution < 1.29 is 4.39 Å². The van der Waals surface area contributed by atoms with E-state index in [0.717, 1.165) is 31.7 Å². The van der Waals surface area contributed by atoms with E-state index in [2.05, 4.69) is 12.2 Å². The number of hydrogen-bond acceptors (Lipinski definition) is 2. The van der Waals surface area contributed by atoms with E-state index in [-0.39, 0.29) is 5.82 Å². The first-order chi connectivity index (χ1) is 7.24. The summed E-state index contributed by atoms with van der Waals surface area (Å²) in [6, 6.07) is 6.68. The Labute approximate surface area is 91.1 Å². The van der Waals surface area contributed by atoms with Crippen molar-refractivity contribution in [3.05, 3.63) is 30.1 Å². The minimum absolute atomic E-state index is 0.180. The van der Waals surface area contributed by atoms with E-state index in [1.54, 1.807) is 12.1 Å². The van der Waals surface area contributed by atoms with Crippen LogP contribution in [0.25, 0.3) is 0 Å². The predicted octanol–water partition coefficient (Wildman–Crippen LogP) is 2.26. The Morgan fingerprint density at radius 2 is 2.13 bits per heavy atom. The van der Waals surface area contributed by atoms with Crippen molar-refractivity contribution in [3.63, 3.8) is 0 Å². The first-order valence-electron chi connectivity index (χ1n) is 5.41. The van der Waals surface area contributed by atoms with Crippen LogP contribution in [0.2, 0.25) is 0 Å². The fraction of sp³-hybridized carbons (Fsp3) is 0.500. The first-order valence-corrected chi connectivity index (χ1v) is 5.41. The molecule has 1 aromatic rings. The number of rotatable bonds is 6. The highest BCUT2D eigenvalue weighted by Crippen LogP contribution is 2.12. The second kappa shape index (κ2) is 6.40. The van der Waals surface area contributed by atoms with E-state index >= 15 is 0 Å². The van der Waals surface area contributed by atoms with Gasteiger partial charge >= 0.3 is 0 Å². The highest BCUT2D eigenvalue weighted by Gasteiger charge is 2.00. The van der Waals surface area contributed by atoms with Crippen molar-refractivity contribution in [2.24, 2.45) is 0 Å². The van der Waals surface area contributed by atoms with Gasteiger partial charge in [0.15, 0.2) is 0 Å². The van der Waals surface area contributed by atoms with E-state index in [1.165, 1.54) is 6.07 Å². The van der Waals surface area contributed by atoms with Crippen LogP contribution in [-0.2, 0) is 0 Å². The molecule has 0 saturated carbocycles. The molecule has 0 unspecified atom stereocenters. The van der Waals surface area contributed by atoms with Gasteiger partial charge in [0.2, 0.25) is 0 Å². The van der Waals surface area contributed by atoms with Gasteiger partial charge in [-0.05, 0) is 31.2 Å². The van der Waals surface area contributed by atoms with Crippen LogP contribution in [0.3, 0.4) is 0 Å². The molecule has 84 valence electrons. The molecule has 0 spiro atoms. The summed E-state index contributed by atoms with van der Waals surface area (Å²) in [4.78, 5) is 2.05. The zero-order chi connectivity index (χ0) is 11.1. The van der Waals surface area contributed by atoms with Crippen LogP contribution in [0.4, 0.5) is 10.1 Å². The molecule has 2 nitrogen and oxygen atoms in total. The van der Waals surface area contributed by atoms with Gasteiger partial charge in [0.1, 0.15) is 5.82 Å². The maximum Gasteiger partial charge on any atom is 0.125 e. The Kier molecular flexibility index (Phi) is 5.12. The molecule has 0 amide bonds. The molecule has 0 aromatic heterocycles. The van der Waals surface area contributed by atoms with Gasteiger partial charge in [-0.1, -0.05) is 13.0 Å². The minimum Gasteiger partial charge on any atom is -0.373 e. The minimum atomic E-state index is -0.180. The summed E-state index contributed by atoms with van der Waals surface area (Å²) < 4.78 is 12.9. The summed E-state index contributed by atoms with van der Waals surface area (Å²) in [5, 5.41) is 3.31. The van der Waals surface area contributed by atoms with Gasteiger partial charge in [0, 0.05) is 25.8 Å². The first kappa shape index (κ1) is 12.0. The van der Waals surface area contributed by atoms with Crippen LogP contribution < -0.4 is 10.2 Å². The van der Waals surface area contributed by atoms with E-state index in [9.17, 15) is 4.39 Å². The van der Waals surface area contributed by atoms with E-state index < -0.39 is 0 Å². The summed E-state index contributed by atoms with van der Waals surface area (Å²) in [6.07, 6.45) is 1.14. The van der Waals surface area contributed by atoms with Gasteiger partial charge in [-0.15, -0.1) is 0 Å². The Morgan fingerprint density at radius 1 is 1.33 bits per heavy atom. The Balaban J connectivity index is 2.36. The second-order valence-corrected chi connectivity index (χ2v) is 3.65. The molecule has 0 aliphatic heterocycles. The number of nitrogens with one attached hydrogen (secondary N) is 1. The third-order valence-corrected chi connectivity index (χ3v) is 2.30. The number of anilines is 1. The fourth-order valence-corrected chi connectivity index (χ4v) is 1.39. The molecular weight excluding hydrogens is 191 g/mol. The topological polar surface area (TPSA) is 15.3 Å². The maximum atomic E-state index is 12.9. The van der Waals surface area contributed by atoms with Crippen LogP contribution in [0.5, 0.6) is 0 Å². The van der Waals surface area contributed by atoms with Crippen molar-refractivity contribution in [1.82, 2.24) is 5.32 Å². The Morgan fingerprint density at radius 3 is 2.80 bits per heavy atom. The molecule has 0 fully saturated rings. The zero-order valence-electron chi connectivity index (χ0n) is 9.46. The van der Waals surface area contributed by atoms with Crippen LogP contribution in [0, 0.1) is 5.82 Å². The molecule has 0 heterocycles. The van der Waals surface area contributed by atoms with Crippen molar-refractivity contribution in [1.29, 1.82) is 0 Å². The predicted molar refractivity (Wildman–Crippen MR) is 62.8 cm³/mol. The summed E-state index contributed by atoms with van der Waals surface area (Å²) in [6.45, 7) is 5.00. The van der Waals surface area contributed by atoms with Crippen LogP contribution in [0.1, 0.15) is 13.3 Å². The monoisotopic (exact) mass is 210 g/mol. The van der Waals surface area contributed by atoms with Gasteiger partial charge in [0.25, 0.3) is 0 Å². The lowest BCUT2D eigenvalue weighted by Gasteiger charge is -2.19. The summed E-state index contributed by atoms with van der Waals surface area (Å²) in [5.74, 6) is -0.180. The van der Waals surface area contributed by atoms with Gasteiger partial charge in [0.05, 0.1) is 0 Å².